The minimum absolute atomic E-state index is 0.265. The van der Waals surface area contributed by atoms with E-state index in [4.69, 9.17) is 44.1 Å². The highest BCUT2D eigenvalue weighted by molar-refractivity contribution is 6.43. The van der Waals surface area contributed by atoms with Crippen molar-refractivity contribution >= 4 is 34.8 Å². The van der Waals surface area contributed by atoms with Crippen LogP contribution in [0.3, 0.4) is 0 Å². The zero-order chi connectivity index (χ0) is 20.1. The van der Waals surface area contributed by atoms with Gasteiger partial charge in [-0.15, -0.1) is 10.2 Å². The van der Waals surface area contributed by atoms with Gasteiger partial charge in [-0.1, -0.05) is 35.3 Å². The molecule has 1 aliphatic heterocycles. The van der Waals surface area contributed by atoms with Crippen LogP contribution in [0.15, 0.2) is 29.0 Å². The van der Waals surface area contributed by atoms with Crippen LogP contribution in [-0.4, -0.2) is 39.3 Å². The molecular formula is C19H19Cl2N7O. The van der Waals surface area contributed by atoms with E-state index in [9.17, 15) is 0 Å². The average molecular weight is 432 g/mol. The Balaban J connectivity index is 1.61. The van der Waals surface area contributed by atoms with Crippen molar-refractivity contribution < 1.29 is 4.42 Å². The Hall–Kier alpha value is -2.42. The summed E-state index contributed by atoms with van der Waals surface area (Å²) in [7, 11) is 0. The number of rotatable bonds is 3. The number of hydrogen-bond donors (Lipinski definition) is 2. The number of nitrogens with zero attached hydrogens (tertiary/aromatic N) is 5. The van der Waals surface area contributed by atoms with Gasteiger partial charge in [0.2, 0.25) is 6.39 Å². The molecule has 5 rings (SSSR count). The summed E-state index contributed by atoms with van der Waals surface area (Å²) in [6, 6.07) is 5.58. The fourth-order valence-electron chi connectivity index (χ4n) is 4.48. The number of hydrogen-bond acceptors (Lipinski definition) is 8. The van der Waals surface area contributed by atoms with Crippen LogP contribution in [0, 0.1) is 11.8 Å². The summed E-state index contributed by atoms with van der Waals surface area (Å²) >= 11 is 12.6. The van der Waals surface area contributed by atoms with Crippen LogP contribution in [-0.2, 0) is 0 Å². The van der Waals surface area contributed by atoms with Gasteiger partial charge in [0.1, 0.15) is 5.69 Å². The number of aromatic nitrogens is 4. The quantitative estimate of drug-likeness (QED) is 0.647. The second-order valence-corrected chi connectivity index (χ2v) is 8.42. The predicted octanol–water partition coefficient (Wildman–Crippen LogP) is 3.26. The van der Waals surface area contributed by atoms with Crippen molar-refractivity contribution in [3.8, 4) is 22.8 Å². The van der Waals surface area contributed by atoms with E-state index in [0.29, 0.717) is 44.7 Å². The molecule has 4 N–H and O–H groups in total. The number of nitrogen functional groups attached to an aromatic ring is 1. The van der Waals surface area contributed by atoms with Crippen LogP contribution in [0.5, 0.6) is 0 Å². The molecule has 2 aliphatic rings. The lowest BCUT2D eigenvalue weighted by atomic mass is 10.0. The first-order valence-electron chi connectivity index (χ1n) is 9.40. The highest BCUT2D eigenvalue weighted by atomic mass is 35.5. The van der Waals surface area contributed by atoms with Crippen molar-refractivity contribution in [1.82, 2.24) is 20.2 Å². The van der Waals surface area contributed by atoms with Gasteiger partial charge < -0.3 is 20.8 Å². The molecule has 3 aromatic rings. The first kappa shape index (κ1) is 18.6. The van der Waals surface area contributed by atoms with Gasteiger partial charge in [0, 0.05) is 24.7 Å². The molecule has 29 heavy (non-hydrogen) atoms. The van der Waals surface area contributed by atoms with E-state index in [1.165, 1.54) is 6.39 Å². The van der Waals surface area contributed by atoms with Crippen molar-refractivity contribution in [2.75, 3.05) is 23.7 Å². The fraction of sp³-hybridized carbons (Fsp3) is 0.368. The summed E-state index contributed by atoms with van der Waals surface area (Å²) in [5.41, 5.74) is 13.9. The van der Waals surface area contributed by atoms with Crippen molar-refractivity contribution in [1.29, 1.82) is 0 Å². The van der Waals surface area contributed by atoms with E-state index >= 15 is 0 Å². The molecule has 150 valence electrons. The Morgan fingerprint density at radius 1 is 1.07 bits per heavy atom. The lowest BCUT2D eigenvalue weighted by molar-refractivity contribution is 0.494. The van der Waals surface area contributed by atoms with Crippen LogP contribution in [0.4, 0.5) is 11.6 Å². The molecule has 0 bridgehead atoms. The zero-order valence-corrected chi connectivity index (χ0v) is 16.9. The molecule has 8 nitrogen and oxygen atoms in total. The molecule has 2 aromatic heterocycles. The van der Waals surface area contributed by atoms with Crippen molar-refractivity contribution in [3.05, 3.63) is 34.6 Å². The minimum atomic E-state index is 0.265. The molecule has 1 aromatic carbocycles. The minimum Gasteiger partial charge on any atom is -0.422 e. The van der Waals surface area contributed by atoms with Gasteiger partial charge in [0.15, 0.2) is 17.3 Å². The van der Waals surface area contributed by atoms with Crippen LogP contribution >= 0.6 is 23.2 Å². The average Bonchev–Trinajstić information content (AvgIpc) is 3.40. The molecular weight excluding hydrogens is 413 g/mol. The molecule has 0 radical (unpaired) electrons. The van der Waals surface area contributed by atoms with E-state index in [1.807, 2.05) is 0 Å². The monoisotopic (exact) mass is 431 g/mol. The summed E-state index contributed by atoms with van der Waals surface area (Å²) < 4.78 is 5.44. The van der Waals surface area contributed by atoms with E-state index < -0.39 is 0 Å². The van der Waals surface area contributed by atoms with E-state index in [-0.39, 0.29) is 17.8 Å². The van der Waals surface area contributed by atoms with Crippen LogP contribution in [0.1, 0.15) is 12.8 Å². The third-order valence-electron chi connectivity index (χ3n) is 5.76. The molecule has 10 heteroatoms. The summed E-state index contributed by atoms with van der Waals surface area (Å²) in [6.45, 7) is 1.70. The number of benzene rings is 1. The molecule has 1 saturated carbocycles. The molecule has 0 spiro atoms. The van der Waals surface area contributed by atoms with Crippen molar-refractivity contribution in [2.24, 2.45) is 17.6 Å². The van der Waals surface area contributed by atoms with Gasteiger partial charge in [-0.2, -0.15) is 0 Å². The van der Waals surface area contributed by atoms with E-state index in [2.05, 4.69) is 20.1 Å². The maximum absolute atomic E-state index is 6.39. The van der Waals surface area contributed by atoms with Gasteiger partial charge in [0.05, 0.1) is 10.0 Å². The molecule has 2 atom stereocenters. The van der Waals surface area contributed by atoms with Crippen LogP contribution < -0.4 is 16.4 Å². The van der Waals surface area contributed by atoms with Gasteiger partial charge in [0.25, 0.3) is 5.89 Å². The molecule has 2 unspecified atom stereocenters. The number of nitrogens with two attached hydrogens (primary N) is 2. The third kappa shape index (κ3) is 3.21. The van der Waals surface area contributed by atoms with Crippen molar-refractivity contribution in [2.45, 2.75) is 18.9 Å². The number of halogens is 2. The highest BCUT2D eigenvalue weighted by Gasteiger charge is 2.41. The Bertz CT molecular complexity index is 1040. The van der Waals surface area contributed by atoms with Crippen molar-refractivity contribution in [3.63, 3.8) is 0 Å². The normalized spacial score (nSPS) is 23.6. The number of anilines is 2. The highest BCUT2D eigenvalue weighted by Crippen LogP contribution is 2.42. The third-order valence-corrected chi connectivity index (χ3v) is 6.58. The SMILES string of the molecule is Nc1nc(N2CC3CC(N)CC3C2)c(-c2nnco2)nc1-c1cccc(Cl)c1Cl. The van der Waals surface area contributed by atoms with Crippen LogP contribution in [0.25, 0.3) is 22.8 Å². The van der Waals surface area contributed by atoms with Crippen LogP contribution in [0.2, 0.25) is 10.0 Å². The maximum Gasteiger partial charge on any atom is 0.269 e. The molecule has 1 saturated heterocycles. The van der Waals surface area contributed by atoms with Gasteiger partial charge in [-0.25, -0.2) is 9.97 Å². The standard InChI is InChI=1S/C19H19Cl2N7O/c20-13-3-1-2-12(14(13)21)15-17(23)26-18(16(25-15)19-27-24-8-29-19)28-6-9-4-11(22)5-10(9)7-28/h1-3,8-11H,4-7,22H2,(H2,23,26). The Labute approximate surface area is 177 Å². The fourth-order valence-corrected chi connectivity index (χ4v) is 4.87. The first-order valence-corrected chi connectivity index (χ1v) is 10.2. The topological polar surface area (TPSA) is 120 Å². The van der Waals surface area contributed by atoms with Gasteiger partial charge >= 0.3 is 0 Å². The zero-order valence-electron chi connectivity index (χ0n) is 15.4. The Morgan fingerprint density at radius 2 is 1.83 bits per heavy atom. The number of fused-ring (bicyclic) bond motifs is 1. The lowest BCUT2D eigenvalue weighted by Crippen LogP contribution is -2.27. The molecule has 1 aliphatic carbocycles. The summed E-state index contributed by atoms with van der Waals surface area (Å²) in [5, 5.41) is 8.61. The molecule has 2 fully saturated rings. The predicted molar refractivity (Wildman–Crippen MR) is 112 cm³/mol. The Morgan fingerprint density at radius 3 is 2.52 bits per heavy atom. The smallest absolute Gasteiger partial charge is 0.269 e. The van der Waals surface area contributed by atoms with E-state index in [1.54, 1.807) is 18.2 Å². The maximum atomic E-state index is 6.39. The van der Waals surface area contributed by atoms with E-state index in [0.717, 1.165) is 25.9 Å². The Kier molecular flexibility index (Phi) is 4.57. The molecule has 3 heterocycles. The second-order valence-electron chi connectivity index (χ2n) is 7.63. The van der Waals surface area contributed by atoms with Gasteiger partial charge in [-0.05, 0) is 30.7 Å². The van der Waals surface area contributed by atoms with Gasteiger partial charge in [-0.3, -0.25) is 0 Å². The largest absolute Gasteiger partial charge is 0.422 e. The lowest BCUT2D eigenvalue weighted by Gasteiger charge is -2.22. The first-order chi connectivity index (χ1) is 14.0. The summed E-state index contributed by atoms with van der Waals surface area (Å²) in [6.07, 6.45) is 3.31. The molecule has 0 amide bonds. The summed E-state index contributed by atoms with van der Waals surface area (Å²) in [5.74, 6) is 2.27. The summed E-state index contributed by atoms with van der Waals surface area (Å²) in [4.78, 5) is 11.6. The second kappa shape index (κ2) is 7.12.